The highest BCUT2D eigenvalue weighted by atomic mass is 32.1. The van der Waals surface area contributed by atoms with Gasteiger partial charge in [-0.1, -0.05) is 0 Å². The van der Waals surface area contributed by atoms with Gasteiger partial charge in [0, 0.05) is 29.4 Å². The molecule has 4 aromatic rings. The van der Waals surface area contributed by atoms with Gasteiger partial charge < -0.3 is 15.3 Å². The summed E-state index contributed by atoms with van der Waals surface area (Å²) in [4.78, 5) is 36.2. The number of hydrogen-bond donors (Lipinski definition) is 9. The van der Waals surface area contributed by atoms with Crippen molar-refractivity contribution in [2.24, 2.45) is 0 Å². The van der Waals surface area contributed by atoms with Gasteiger partial charge in [0.25, 0.3) is 0 Å². The first kappa shape index (κ1) is 29.4. The van der Waals surface area contributed by atoms with Crippen LogP contribution in [0, 0.1) is 0 Å². The first-order chi connectivity index (χ1) is 18.3. The molecule has 0 spiro atoms. The molecule has 0 bridgehead atoms. The molecule has 0 atom stereocenters. The lowest BCUT2D eigenvalue weighted by Gasteiger charge is -2.15. The molecule has 4 aromatic carbocycles. The van der Waals surface area contributed by atoms with Gasteiger partial charge in [0.15, 0.2) is 0 Å². The number of carboxylic acid groups (broad SMARTS) is 3. The summed E-state index contributed by atoms with van der Waals surface area (Å²) in [7, 11) is 0. The first-order valence-corrected chi connectivity index (χ1v) is 13.5. The van der Waals surface area contributed by atoms with Crippen LogP contribution in [0.3, 0.4) is 0 Å². The zero-order valence-electron chi connectivity index (χ0n) is 19.4. The molecule has 198 valence electrons. The lowest BCUT2D eigenvalue weighted by atomic mass is 9.92. The summed E-state index contributed by atoms with van der Waals surface area (Å²) < 4.78 is 0. The first-order valence-electron chi connectivity index (χ1n) is 10.8. The zero-order chi connectivity index (χ0) is 28.8. The Kier molecular flexibility index (Phi) is 8.64. The summed E-state index contributed by atoms with van der Waals surface area (Å²) >= 11 is 26.1. The molecule has 0 unspecified atom stereocenters. The van der Waals surface area contributed by atoms with Crippen LogP contribution in [0.25, 0.3) is 33.4 Å². The number of aromatic carboxylic acids is 3. The van der Waals surface area contributed by atoms with Crippen molar-refractivity contribution in [1.29, 1.82) is 0 Å². The number of thiol groups is 6. The van der Waals surface area contributed by atoms with Crippen LogP contribution in [-0.4, -0.2) is 33.2 Å². The molecule has 0 heterocycles. The van der Waals surface area contributed by atoms with Crippen LogP contribution in [0.2, 0.25) is 0 Å². The number of benzene rings is 4. The van der Waals surface area contributed by atoms with Crippen LogP contribution in [0.15, 0.2) is 84.0 Å². The van der Waals surface area contributed by atoms with E-state index in [0.717, 1.165) is 0 Å². The third-order valence-corrected chi connectivity index (χ3v) is 7.98. The van der Waals surface area contributed by atoms with E-state index in [0.29, 0.717) is 33.4 Å². The Bertz CT molecular complexity index is 1440. The Morgan fingerprint density at radius 1 is 0.359 bits per heavy atom. The lowest BCUT2D eigenvalue weighted by Crippen LogP contribution is -2.01. The second-order valence-electron chi connectivity index (χ2n) is 8.38. The third kappa shape index (κ3) is 5.96. The molecule has 0 aliphatic heterocycles. The van der Waals surface area contributed by atoms with Gasteiger partial charge in [-0.3, -0.25) is 0 Å². The van der Waals surface area contributed by atoms with Gasteiger partial charge in [0.2, 0.25) is 0 Å². The normalized spacial score (nSPS) is 10.9. The molecule has 0 aliphatic rings. The van der Waals surface area contributed by atoms with Crippen molar-refractivity contribution in [3.05, 3.63) is 71.3 Å². The summed E-state index contributed by atoms with van der Waals surface area (Å²) in [5.41, 5.74) is 3.76. The van der Waals surface area contributed by atoms with E-state index in [1.54, 1.807) is 36.4 Å². The highest BCUT2D eigenvalue weighted by Gasteiger charge is 2.19. The molecule has 4 rings (SSSR count). The second-order valence-corrected chi connectivity index (χ2v) is 11.3. The Labute approximate surface area is 255 Å². The van der Waals surface area contributed by atoms with Gasteiger partial charge in [0.1, 0.15) is 0 Å². The average Bonchev–Trinajstić information content (AvgIpc) is 2.81. The van der Waals surface area contributed by atoms with E-state index in [9.17, 15) is 29.7 Å². The number of hydrogen-bond acceptors (Lipinski definition) is 9. The molecule has 6 nitrogen and oxygen atoms in total. The summed E-state index contributed by atoms with van der Waals surface area (Å²) in [5.74, 6) is -3.48. The van der Waals surface area contributed by atoms with Crippen LogP contribution in [-0.2, 0) is 0 Å². The van der Waals surface area contributed by atoms with Crippen molar-refractivity contribution in [3.8, 4) is 33.4 Å². The maximum Gasteiger partial charge on any atom is 0.337 e. The molecule has 39 heavy (non-hydrogen) atoms. The van der Waals surface area contributed by atoms with Crippen molar-refractivity contribution in [2.45, 2.75) is 29.4 Å². The van der Waals surface area contributed by atoms with Gasteiger partial charge in [0.05, 0.1) is 16.7 Å². The van der Waals surface area contributed by atoms with Crippen LogP contribution in [0.4, 0.5) is 0 Å². The fourth-order valence-corrected chi connectivity index (χ4v) is 6.52. The molecule has 0 radical (unpaired) electrons. The summed E-state index contributed by atoms with van der Waals surface area (Å²) in [6.07, 6.45) is 0. The molecular formula is C27H18O6S6. The number of rotatable bonds is 6. The van der Waals surface area contributed by atoms with E-state index in [1.807, 2.05) is 18.2 Å². The molecule has 0 aliphatic carbocycles. The quantitative estimate of drug-likeness (QED) is 0.102. The van der Waals surface area contributed by atoms with E-state index >= 15 is 0 Å². The van der Waals surface area contributed by atoms with E-state index in [1.165, 1.54) is 0 Å². The van der Waals surface area contributed by atoms with Crippen molar-refractivity contribution in [3.63, 3.8) is 0 Å². The van der Waals surface area contributed by atoms with Crippen LogP contribution in [0.1, 0.15) is 31.1 Å². The maximum absolute atomic E-state index is 11.6. The van der Waals surface area contributed by atoms with Crippen molar-refractivity contribution in [2.75, 3.05) is 0 Å². The number of carboxylic acids is 3. The molecular weight excluding hydrogens is 613 g/mol. The molecule has 0 aromatic heterocycles. The highest BCUT2D eigenvalue weighted by molar-refractivity contribution is 7.82. The van der Waals surface area contributed by atoms with Crippen molar-refractivity contribution >= 4 is 93.7 Å². The smallest absolute Gasteiger partial charge is 0.337 e. The molecule has 0 amide bonds. The van der Waals surface area contributed by atoms with Gasteiger partial charge in [-0.2, -0.15) is 0 Å². The zero-order valence-corrected chi connectivity index (χ0v) is 24.8. The Morgan fingerprint density at radius 2 is 0.513 bits per heavy atom. The topological polar surface area (TPSA) is 112 Å². The second kappa shape index (κ2) is 11.5. The minimum Gasteiger partial charge on any atom is -0.478 e. The molecule has 0 fully saturated rings. The van der Waals surface area contributed by atoms with Crippen LogP contribution in [0.5, 0.6) is 0 Å². The third-order valence-electron chi connectivity index (χ3n) is 5.86. The van der Waals surface area contributed by atoms with E-state index in [4.69, 9.17) is 0 Å². The maximum atomic E-state index is 11.6. The minimum absolute atomic E-state index is 0.0332. The van der Waals surface area contributed by atoms with Crippen molar-refractivity contribution < 1.29 is 29.7 Å². The SMILES string of the molecule is O=C(O)c1c(S)cc(-c2cc(-c3cc(S)c(C(=O)O)c(S)c3)cc(-c3cc(S)c(C(=O)O)c(S)c3)c2)cc1S. The Morgan fingerprint density at radius 3 is 0.667 bits per heavy atom. The largest absolute Gasteiger partial charge is 0.478 e. The predicted octanol–water partition coefficient (Wildman–Crippen LogP) is 7.51. The van der Waals surface area contributed by atoms with Crippen LogP contribution >= 0.6 is 75.8 Å². The van der Waals surface area contributed by atoms with Gasteiger partial charge in [-0.15, -0.1) is 75.8 Å². The fraction of sp³-hybridized carbons (Fsp3) is 0. The van der Waals surface area contributed by atoms with Gasteiger partial charge in [-0.25, -0.2) is 14.4 Å². The molecule has 12 heteroatoms. The molecule has 3 N–H and O–H groups in total. The highest BCUT2D eigenvalue weighted by Crippen LogP contribution is 2.39. The lowest BCUT2D eigenvalue weighted by molar-refractivity contribution is 0.0678. The molecule has 0 saturated heterocycles. The average molecular weight is 631 g/mol. The molecule has 0 saturated carbocycles. The number of carbonyl (C=O) groups is 3. The van der Waals surface area contributed by atoms with E-state index in [2.05, 4.69) is 75.8 Å². The summed E-state index contributed by atoms with van der Waals surface area (Å²) in [6, 6.07) is 15.2. The van der Waals surface area contributed by atoms with E-state index in [-0.39, 0.29) is 46.1 Å². The standard InChI is InChI=1S/C27H18O6S6/c28-25(29)22-16(34)4-13(5-17(22)35)10-1-11(14-6-18(36)23(26(30)31)19(37)7-14)3-12(2-10)15-8-20(38)24(27(32)33)21(39)9-15/h1-9,34-39H,(H,28,29)(H,30,31)(H,32,33). The monoisotopic (exact) mass is 630 g/mol. The van der Waals surface area contributed by atoms with Gasteiger partial charge in [-0.05, 0) is 88.0 Å². The van der Waals surface area contributed by atoms with Crippen LogP contribution < -0.4 is 0 Å². The summed E-state index contributed by atoms with van der Waals surface area (Å²) in [6.45, 7) is 0. The predicted molar refractivity (Wildman–Crippen MR) is 167 cm³/mol. The summed E-state index contributed by atoms with van der Waals surface area (Å²) in [5, 5.41) is 28.5. The van der Waals surface area contributed by atoms with E-state index < -0.39 is 17.9 Å². The van der Waals surface area contributed by atoms with Crippen molar-refractivity contribution in [1.82, 2.24) is 0 Å². The Hall–Kier alpha value is -2.61. The Balaban J connectivity index is 2.01. The fourth-order valence-electron chi connectivity index (χ4n) is 4.12. The van der Waals surface area contributed by atoms with Gasteiger partial charge >= 0.3 is 17.9 Å². The minimum atomic E-state index is -1.16.